The molecule has 0 radical (unpaired) electrons. The van der Waals surface area contributed by atoms with E-state index in [9.17, 15) is 14.9 Å². The Balaban J connectivity index is 2.18. The fourth-order valence-electron chi connectivity index (χ4n) is 2.19. The van der Waals surface area contributed by atoms with E-state index in [1.165, 1.54) is 6.26 Å². The molecule has 0 atom stereocenters. The largest absolute Gasteiger partial charge is 0.535 e. The summed E-state index contributed by atoms with van der Waals surface area (Å²) in [7, 11) is 0.965. The monoisotopic (exact) mass is 279 g/mol. The van der Waals surface area contributed by atoms with Crippen LogP contribution in [0.5, 0.6) is 0 Å². The van der Waals surface area contributed by atoms with Crippen LogP contribution >= 0.6 is 0 Å². The van der Waals surface area contributed by atoms with Gasteiger partial charge >= 0.3 is 13.1 Å². The van der Waals surface area contributed by atoms with Crippen LogP contribution in [-0.4, -0.2) is 54.4 Å². The highest BCUT2D eigenvalue weighted by Crippen LogP contribution is 2.28. The first-order chi connectivity index (χ1) is 9.51. The molecule has 0 aromatic heterocycles. The molecule has 108 valence electrons. The van der Waals surface area contributed by atoms with E-state index in [-0.39, 0.29) is 17.4 Å². The third-order valence-electron chi connectivity index (χ3n) is 3.34. The van der Waals surface area contributed by atoms with Gasteiger partial charge in [0, 0.05) is 13.1 Å². The number of carbonyl (C=O) groups is 1. The molecule has 2 rings (SSSR count). The van der Waals surface area contributed by atoms with E-state index >= 15 is 0 Å². The Kier molecular flexibility index (Phi) is 4.51. The number of aliphatic carboxylic acids is 1. The maximum absolute atomic E-state index is 11.4. The highest BCUT2D eigenvalue weighted by molar-refractivity contribution is 6.43. The molecule has 0 spiro atoms. The van der Waals surface area contributed by atoms with Gasteiger partial charge in [-0.05, 0) is 25.4 Å². The SMILES string of the molecule is C=CC1=C(/C(=C/OC2CN(C)C2)C(=O)O)OB(O)CC1. The minimum atomic E-state index is -1.15. The predicted octanol–water partition coefficient (Wildman–Crippen LogP) is 0.626. The lowest BCUT2D eigenvalue weighted by Gasteiger charge is -2.35. The number of likely N-dealkylation sites (N-methyl/N-ethyl adjacent to an activating group) is 1. The average Bonchev–Trinajstić information content (AvgIpc) is 2.36. The Hall–Kier alpha value is -1.73. The van der Waals surface area contributed by atoms with Gasteiger partial charge in [-0.15, -0.1) is 0 Å². The summed E-state index contributed by atoms with van der Waals surface area (Å²) in [6.45, 7) is 5.17. The molecular weight excluding hydrogens is 261 g/mol. The van der Waals surface area contributed by atoms with Gasteiger partial charge in [0.2, 0.25) is 0 Å². The van der Waals surface area contributed by atoms with E-state index in [0.717, 1.165) is 13.1 Å². The lowest BCUT2D eigenvalue weighted by Crippen LogP contribution is -2.48. The first kappa shape index (κ1) is 14.7. The van der Waals surface area contributed by atoms with Crippen molar-refractivity contribution < 1.29 is 24.3 Å². The third kappa shape index (κ3) is 3.23. The molecule has 0 aliphatic carbocycles. The molecule has 20 heavy (non-hydrogen) atoms. The number of carboxylic acids is 1. The molecule has 2 aliphatic heterocycles. The van der Waals surface area contributed by atoms with Crippen LogP contribution in [0, 0.1) is 0 Å². The average molecular weight is 279 g/mol. The summed E-state index contributed by atoms with van der Waals surface area (Å²) in [5.41, 5.74) is 0.575. The van der Waals surface area contributed by atoms with E-state index in [1.54, 1.807) is 6.08 Å². The Labute approximate surface area is 118 Å². The lowest BCUT2D eigenvalue weighted by molar-refractivity contribution is -0.132. The quantitative estimate of drug-likeness (QED) is 0.436. The van der Waals surface area contributed by atoms with Gasteiger partial charge in [0.25, 0.3) is 0 Å². The Morgan fingerprint density at radius 2 is 2.30 bits per heavy atom. The molecule has 0 unspecified atom stereocenters. The van der Waals surface area contributed by atoms with Gasteiger partial charge in [-0.3, -0.25) is 4.90 Å². The Bertz CT molecular complexity index is 467. The van der Waals surface area contributed by atoms with E-state index in [4.69, 9.17) is 9.39 Å². The summed E-state index contributed by atoms with van der Waals surface area (Å²) in [5, 5.41) is 18.8. The fraction of sp³-hybridized carbons (Fsp3) is 0.462. The number of likely N-dealkylation sites (tertiary alicyclic amines) is 1. The van der Waals surface area contributed by atoms with Crippen LogP contribution < -0.4 is 0 Å². The molecule has 2 N–H and O–H groups in total. The summed E-state index contributed by atoms with van der Waals surface area (Å²) in [6, 6.07) is 0. The van der Waals surface area contributed by atoms with Crippen molar-refractivity contribution >= 4 is 13.1 Å². The summed E-state index contributed by atoms with van der Waals surface area (Å²) in [4.78, 5) is 13.4. The molecule has 1 fully saturated rings. The van der Waals surface area contributed by atoms with Gasteiger partial charge in [-0.2, -0.15) is 0 Å². The van der Waals surface area contributed by atoms with Gasteiger partial charge in [0.15, 0.2) is 0 Å². The second-order valence-corrected chi connectivity index (χ2v) is 4.99. The van der Waals surface area contributed by atoms with Crippen LogP contribution in [-0.2, 0) is 14.2 Å². The Morgan fingerprint density at radius 3 is 2.85 bits per heavy atom. The van der Waals surface area contributed by atoms with Crippen LogP contribution in [0.4, 0.5) is 0 Å². The first-order valence-electron chi connectivity index (χ1n) is 6.49. The zero-order valence-corrected chi connectivity index (χ0v) is 11.4. The molecule has 2 aliphatic rings. The minimum Gasteiger partial charge on any atom is -0.535 e. The van der Waals surface area contributed by atoms with Gasteiger partial charge in [0.05, 0.1) is 0 Å². The van der Waals surface area contributed by atoms with Gasteiger partial charge in [-0.25, -0.2) is 4.79 Å². The van der Waals surface area contributed by atoms with Crippen LogP contribution in [0.15, 0.2) is 35.8 Å². The molecule has 0 bridgehead atoms. The second kappa shape index (κ2) is 6.15. The number of allylic oxidation sites excluding steroid dienone is 2. The van der Waals surface area contributed by atoms with E-state index in [2.05, 4.69) is 11.5 Å². The maximum atomic E-state index is 11.4. The number of rotatable bonds is 5. The molecule has 2 heterocycles. The van der Waals surface area contributed by atoms with Gasteiger partial charge in [-0.1, -0.05) is 12.7 Å². The molecule has 7 heteroatoms. The number of ether oxygens (including phenoxy) is 1. The van der Waals surface area contributed by atoms with Crippen LogP contribution in [0.2, 0.25) is 6.32 Å². The zero-order chi connectivity index (χ0) is 14.7. The lowest BCUT2D eigenvalue weighted by atomic mass is 9.78. The molecule has 0 amide bonds. The standard InChI is InChI=1S/C13H18BNO5/c1-3-9-4-5-14(18)20-12(9)11(13(16)17)8-19-10-6-15(2)7-10/h3,8,10,18H,1,4-7H2,2H3,(H,16,17)/b11-8-. The van der Waals surface area contributed by atoms with Crippen LogP contribution in [0.1, 0.15) is 6.42 Å². The molecule has 0 aromatic carbocycles. The maximum Gasteiger partial charge on any atom is 0.522 e. The minimum absolute atomic E-state index is 0.00403. The van der Waals surface area contributed by atoms with Gasteiger partial charge < -0.3 is 19.5 Å². The zero-order valence-electron chi connectivity index (χ0n) is 11.4. The molecule has 0 aromatic rings. The smallest absolute Gasteiger partial charge is 0.522 e. The number of nitrogens with zero attached hydrogens (tertiary/aromatic N) is 1. The number of hydrogen-bond donors (Lipinski definition) is 2. The normalized spacial score (nSPS) is 21.3. The summed E-state index contributed by atoms with van der Waals surface area (Å²) in [5.74, 6) is -1.01. The summed E-state index contributed by atoms with van der Waals surface area (Å²) in [6.07, 6.45) is 3.70. The van der Waals surface area contributed by atoms with Crippen molar-refractivity contribution in [3.63, 3.8) is 0 Å². The Morgan fingerprint density at radius 1 is 1.60 bits per heavy atom. The topological polar surface area (TPSA) is 79.2 Å². The summed E-state index contributed by atoms with van der Waals surface area (Å²) >= 11 is 0. The van der Waals surface area contributed by atoms with Crippen molar-refractivity contribution in [3.8, 4) is 0 Å². The number of hydrogen-bond acceptors (Lipinski definition) is 5. The highest BCUT2D eigenvalue weighted by Gasteiger charge is 2.30. The van der Waals surface area contributed by atoms with Crippen molar-refractivity contribution in [3.05, 3.63) is 35.8 Å². The summed E-state index contributed by atoms with van der Waals surface area (Å²) < 4.78 is 10.7. The van der Waals surface area contributed by atoms with Gasteiger partial charge in [0.1, 0.15) is 23.7 Å². The first-order valence-corrected chi connectivity index (χ1v) is 6.49. The molecule has 0 saturated carbocycles. The third-order valence-corrected chi connectivity index (χ3v) is 3.34. The van der Waals surface area contributed by atoms with Crippen molar-refractivity contribution in [1.82, 2.24) is 4.90 Å². The predicted molar refractivity (Wildman–Crippen MR) is 73.8 cm³/mol. The molecule has 6 nitrogen and oxygen atoms in total. The molecule has 1 saturated heterocycles. The van der Waals surface area contributed by atoms with Crippen molar-refractivity contribution in [2.24, 2.45) is 0 Å². The molecular formula is C13H18BNO5. The van der Waals surface area contributed by atoms with E-state index < -0.39 is 13.1 Å². The fourth-order valence-corrected chi connectivity index (χ4v) is 2.19. The van der Waals surface area contributed by atoms with Crippen molar-refractivity contribution in [1.29, 1.82) is 0 Å². The highest BCUT2D eigenvalue weighted by atomic mass is 16.5. The van der Waals surface area contributed by atoms with Crippen molar-refractivity contribution in [2.45, 2.75) is 18.8 Å². The number of carboxylic acid groups (broad SMARTS) is 1. The van der Waals surface area contributed by atoms with E-state index in [1.807, 2.05) is 7.05 Å². The van der Waals surface area contributed by atoms with Crippen LogP contribution in [0.25, 0.3) is 0 Å². The second-order valence-electron chi connectivity index (χ2n) is 4.99. The van der Waals surface area contributed by atoms with E-state index in [0.29, 0.717) is 18.3 Å². The van der Waals surface area contributed by atoms with Crippen molar-refractivity contribution in [2.75, 3.05) is 20.1 Å². The van der Waals surface area contributed by atoms with Crippen LogP contribution in [0.3, 0.4) is 0 Å².